The average molecular weight is 381 g/mol. The Morgan fingerprint density at radius 1 is 0.857 bits per heavy atom. The van der Waals surface area contributed by atoms with E-state index in [4.69, 9.17) is 0 Å². The SMILES string of the molecule is CC[n+]1c(C=C(C)c2cc3ccccc3c3ccccc23)sc2ccccc21. The van der Waals surface area contributed by atoms with Crippen LogP contribution >= 0.6 is 11.3 Å². The summed E-state index contributed by atoms with van der Waals surface area (Å²) < 4.78 is 3.75. The molecule has 5 aromatic rings. The molecule has 4 aromatic carbocycles. The molecule has 0 aliphatic heterocycles. The summed E-state index contributed by atoms with van der Waals surface area (Å²) in [5.74, 6) is 0. The van der Waals surface area contributed by atoms with Crippen molar-refractivity contribution < 1.29 is 4.57 Å². The number of thiazole rings is 1. The van der Waals surface area contributed by atoms with E-state index < -0.39 is 0 Å². The predicted molar refractivity (Wildman–Crippen MR) is 123 cm³/mol. The molecule has 0 radical (unpaired) electrons. The Hall–Kier alpha value is -2.97. The lowest BCUT2D eigenvalue weighted by atomic mass is 9.94. The van der Waals surface area contributed by atoms with E-state index in [0.717, 1.165) is 6.54 Å². The number of hydrogen-bond acceptors (Lipinski definition) is 1. The standard InChI is InChI=1S/C26H22NS/c1-3-27-24-14-8-9-15-25(24)28-26(27)16-18(2)23-17-19-10-4-5-11-20(19)21-12-6-7-13-22(21)23/h4-17H,3H2,1-2H3/q+1. The maximum absolute atomic E-state index is 2.41. The molecule has 0 saturated carbocycles. The second kappa shape index (κ2) is 6.88. The molecule has 1 heterocycles. The zero-order chi connectivity index (χ0) is 19.1. The molecule has 2 heteroatoms. The van der Waals surface area contributed by atoms with E-state index in [1.165, 1.54) is 47.9 Å². The number of aryl methyl sites for hydroxylation is 1. The topological polar surface area (TPSA) is 3.88 Å². The van der Waals surface area contributed by atoms with Gasteiger partial charge in [-0.1, -0.05) is 72.0 Å². The first kappa shape index (κ1) is 17.2. The van der Waals surface area contributed by atoms with Crippen LogP contribution in [-0.4, -0.2) is 0 Å². The number of benzene rings is 4. The number of allylic oxidation sites excluding steroid dienone is 1. The van der Waals surface area contributed by atoms with Crippen LogP contribution in [0, 0.1) is 0 Å². The molecule has 0 unspecified atom stereocenters. The zero-order valence-corrected chi connectivity index (χ0v) is 17.0. The van der Waals surface area contributed by atoms with Crippen LogP contribution in [0.15, 0.2) is 78.9 Å². The largest absolute Gasteiger partial charge is 0.263 e. The lowest BCUT2D eigenvalue weighted by Gasteiger charge is -2.10. The highest BCUT2D eigenvalue weighted by Crippen LogP contribution is 2.33. The molecule has 0 atom stereocenters. The van der Waals surface area contributed by atoms with E-state index in [0.29, 0.717) is 0 Å². The fourth-order valence-corrected chi connectivity index (χ4v) is 5.36. The Morgan fingerprint density at radius 3 is 2.36 bits per heavy atom. The molecule has 5 rings (SSSR count). The van der Waals surface area contributed by atoms with Gasteiger partial charge in [-0.2, -0.15) is 4.57 Å². The zero-order valence-electron chi connectivity index (χ0n) is 16.1. The minimum atomic E-state index is 0.974. The summed E-state index contributed by atoms with van der Waals surface area (Å²) in [5.41, 5.74) is 3.93. The summed E-state index contributed by atoms with van der Waals surface area (Å²) in [7, 11) is 0. The Labute approximate surface area is 169 Å². The van der Waals surface area contributed by atoms with Gasteiger partial charge in [-0.05, 0) is 58.7 Å². The van der Waals surface area contributed by atoms with E-state index in [2.05, 4.69) is 103 Å². The van der Waals surface area contributed by atoms with Crippen LogP contribution in [0.3, 0.4) is 0 Å². The highest BCUT2D eigenvalue weighted by atomic mass is 32.1. The average Bonchev–Trinajstić information content (AvgIpc) is 3.10. The second-order valence-electron chi connectivity index (χ2n) is 7.17. The molecule has 1 nitrogen and oxygen atoms in total. The minimum Gasteiger partial charge on any atom is -0.182 e. The van der Waals surface area contributed by atoms with Gasteiger partial charge in [0, 0.05) is 12.1 Å². The molecule has 136 valence electrons. The monoisotopic (exact) mass is 380 g/mol. The Morgan fingerprint density at radius 2 is 1.54 bits per heavy atom. The molecule has 0 N–H and O–H groups in total. The van der Waals surface area contributed by atoms with Gasteiger partial charge < -0.3 is 0 Å². The molecule has 0 amide bonds. The fraction of sp³-hybridized carbons (Fsp3) is 0.115. The van der Waals surface area contributed by atoms with Gasteiger partial charge in [0.05, 0.1) is 0 Å². The molecule has 0 bridgehead atoms. The number of nitrogens with zero attached hydrogens (tertiary/aromatic N) is 1. The number of hydrogen-bond donors (Lipinski definition) is 0. The van der Waals surface area contributed by atoms with Gasteiger partial charge in [0.1, 0.15) is 11.2 Å². The van der Waals surface area contributed by atoms with Gasteiger partial charge in [0.15, 0.2) is 0 Å². The van der Waals surface area contributed by atoms with Crippen molar-refractivity contribution in [2.75, 3.05) is 0 Å². The Balaban J connectivity index is 1.76. The summed E-state index contributed by atoms with van der Waals surface area (Å²) in [6.45, 7) is 5.43. The van der Waals surface area contributed by atoms with E-state index in [9.17, 15) is 0 Å². The molecule has 0 spiro atoms. The minimum absolute atomic E-state index is 0.974. The van der Waals surface area contributed by atoms with Crippen molar-refractivity contribution in [3.63, 3.8) is 0 Å². The summed E-state index contributed by atoms with van der Waals surface area (Å²) in [5, 5.41) is 6.56. The van der Waals surface area contributed by atoms with Crippen molar-refractivity contribution in [1.82, 2.24) is 0 Å². The fourth-order valence-electron chi connectivity index (χ4n) is 4.13. The molecular formula is C26H22NS+. The first-order valence-electron chi connectivity index (χ1n) is 9.77. The summed E-state index contributed by atoms with van der Waals surface area (Å²) in [4.78, 5) is 0. The Bertz CT molecular complexity index is 1360. The first-order valence-corrected chi connectivity index (χ1v) is 10.6. The van der Waals surface area contributed by atoms with Crippen LogP contribution in [0.1, 0.15) is 24.4 Å². The normalized spacial score (nSPS) is 12.3. The van der Waals surface area contributed by atoms with Crippen molar-refractivity contribution in [3.8, 4) is 0 Å². The van der Waals surface area contributed by atoms with Crippen LogP contribution in [0.25, 0.3) is 43.4 Å². The molecule has 0 aliphatic rings. The van der Waals surface area contributed by atoms with E-state index >= 15 is 0 Å². The lowest BCUT2D eigenvalue weighted by Crippen LogP contribution is -2.33. The van der Waals surface area contributed by atoms with E-state index in [-0.39, 0.29) is 0 Å². The van der Waals surface area contributed by atoms with Gasteiger partial charge in [-0.3, -0.25) is 0 Å². The highest BCUT2D eigenvalue weighted by Gasteiger charge is 2.17. The van der Waals surface area contributed by atoms with E-state index in [1.54, 1.807) is 0 Å². The van der Waals surface area contributed by atoms with Gasteiger partial charge in [0.2, 0.25) is 5.52 Å². The van der Waals surface area contributed by atoms with E-state index in [1.807, 2.05) is 11.3 Å². The molecular weight excluding hydrogens is 358 g/mol. The third-order valence-corrected chi connectivity index (χ3v) is 6.60. The van der Waals surface area contributed by atoms with Crippen molar-refractivity contribution in [1.29, 1.82) is 0 Å². The summed E-state index contributed by atoms with van der Waals surface area (Å²) in [6, 6.07) is 28.4. The summed E-state index contributed by atoms with van der Waals surface area (Å²) >= 11 is 1.87. The van der Waals surface area contributed by atoms with Crippen molar-refractivity contribution in [2.45, 2.75) is 20.4 Å². The quantitative estimate of drug-likeness (QED) is 0.233. The molecule has 0 aliphatic carbocycles. The Kier molecular flexibility index (Phi) is 4.22. The number of rotatable bonds is 3. The lowest BCUT2D eigenvalue weighted by molar-refractivity contribution is -0.665. The van der Waals surface area contributed by atoms with Crippen LogP contribution in [0.4, 0.5) is 0 Å². The second-order valence-corrected chi connectivity index (χ2v) is 8.23. The molecule has 1 aromatic heterocycles. The third-order valence-electron chi connectivity index (χ3n) is 5.49. The maximum atomic E-state index is 2.41. The predicted octanol–water partition coefficient (Wildman–Crippen LogP) is 7.08. The number of para-hydroxylation sites is 1. The van der Waals surface area contributed by atoms with Crippen LogP contribution in [0.2, 0.25) is 0 Å². The van der Waals surface area contributed by atoms with Crippen molar-refractivity contribution in [3.05, 3.63) is 89.4 Å². The third kappa shape index (κ3) is 2.73. The van der Waals surface area contributed by atoms with Gasteiger partial charge in [-0.15, -0.1) is 0 Å². The van der Waals surface area contributed by atoms with Gasteiger partial charge in [0.25, 0.3) is 5.01 Å². The first-order chi connectivity index (χ1) is 13.8. The molecule has 28 heavy (non-hydrogen) atoms. The highest BCUT2D eigenvalue weighted by molar-refractivity contribution is 7.18. The van der Waals surface area contributed by atoms with Crippen molar-refractivity contribution >= 4 is 54.7 Å². The van der Waals surface area contributed by atoms with Crippen LogP contribution in [-0.2, 0) is 6.54 Å². The van der Waals surface area contributed by atoms with Crippen molar-refractivity contribution in [2.24, 2.45) is 0 Å². The molecule has 0 saturated heterocycles. The number of fused-ring (bicyclic) bond motifs is 4. The van der Waals surface area contributed by atoms with Gasteiger partial charge >= 0.3 is 0 Å². The maximum Gasteiger partial charge on any atom is 0.263 e. The molecule has 0 fully saturated rings. The number of aromatic nitrogens is 1. The van der Waals surface area contributed by atoms with Crippen LogP contribution in [0.5, 0.6) is 0 Å². The van der Waals surface area contributed by atoms with Gasteiger partial charge in [-0.25, -0.2) is 0 Å². The van der Waals surface area contributed by atoms with Crippen LogP contribution < -0.4 is 4.57 Å². The smallest absolute Gasteiger partial charge is 0.182 e. The summed E-state index contributed by atoms with van der Waals surface area (Å²) in [6.07, 6.45) is 2.35.